The van der Waals surface area contributed by atoms with Gasteiger partial charge in [-0.15, -0.1) is 0 Å². The number of amides is 1. The Bertz CT molecular complexity index is 264. The number of carbonyl (C=O) groups excluding carboxylic acids is 1. The first-order valence-corrected chi connectivity index (χ1v) is 7.99. The van der Waals surface area contributed by atoms with E-state index < -0.39 is 0 Å². The quantitative estimate of drug-likeness (QED) is 0.745. The van der Waals surface area contributed by atoms with E-state index >= 15 is 0 Å². The zero-order valence-corrected chi connectivity index (χ0v) is 12.9. The van der Waals surface area contributed by atoms with Gasteiger partial charge in [-0.2, -0.15) is 0 Å². The van der Waals surface area contributed by atoms with Gasteiger partial charge in [-0.05, 0) is 44.4 Å². The molecule has 2 N–H and O–H groups in total. The van der Waals surface area contributed by atoms with Gasteiger partial charge < -0.3 is 10.4 Å². The van der Waals surface area contributed by atoms with Crippen LogP contribution in [0.4, 0.5) is 0 Å². The molecule has 3 heteroatoms. The van der Waals surface area contributed by atoms with Gasteiger partial charge in [0.05, 0.1) is 12.1 Å². The summed E-state index contributed by atoms with van der Waals surface area (Å²) in [5.74, 6) is 1.00. The van der Waals surface area contributed by atoms with Crippen LogP contribution in [0.5, 0.6) is 0 Å². The Morgan fingerprint density at radius 3 is 2.21 bits per heavy atom. The molecule has 0 saturated heterocycles. The minimum absolute atomic E-state index is 0.0798. The van der Waals surface area contributed by atoms with Crippen LogP contribution >= 0.6 is 0 Å². The van der Waals surface area contributed by atoms with Crippen LogP contribution in [-0.2, 0) is 4.79 Å². The zero-order chi connectivity index (χ0) is 14.3. The van der Waals surface area contributed by atoms with Crippen molar-refractivity contribution in [2.24, 2.45) is 11.8 Å². The van der Waals surface area contributed by atoms with Gasteiger partial charge in [0.1, 0.15) is 0 Å². The summed E-state index contributed by atoms with van der Waals surface area (Å²) in [6, 6.07) is 0. The molecule has 0 heterocycles. The van der Waals surface area contributed by atoms with Gasteiger partial charge in [0.15, 0.2) is 0 Å². The smallest absolute Gasteiger partial charge is 0.223 e. The molecular formula is C16H31NO2. The summed E-state index contributed by atoms with van der Waals surface area (Å²) in [7, 11) is 0. The molecule has 0 aromatic heterocycles. The summed E-state index contributed by atoms with van der Waals surface area (Å²) in [5.41, 5.74) is -0.344. The fraction of sp³-hybridized carbons (Fsp3) is 0.938. The van der Waals surface area contributed by atoms with Crippen LogP contribution in [0.15, 0.2) is 0 Å². The lowest BCUT2D eigenvalue weighted by molar-refractivity contribution is -0.128. The molecule has 1 amide bonds. The van der Waals surface area contributed by atoms with E-state index in [4.69, 9.17) is 0 Å². The molecule has 3 nitrogen and oxygen atoms in total. The first-order chi connectivity index (χ1) is 9.06. The molecule has 0 spiro atoms. The number of hydrogen-bond donors (Lipinski definition) is 2. The Labute approximate surface area is 118 Å². The normalized spacial score (nSPS) is 27.5. The standard InChI is InChI=1S/C16H31NO2/c1-4-6-14(7-5-2)15(19)17-16(12-18)10-8-13(3)9-11-16/h13-14,18H,4-12H2,1-3H3,(H,17,19). The zero-order valence-electron chi connectivity index (χ0n) is 12.9. The average molecular weight is 269 g/mol. The molecule has 1 rings (SSSR count). The molecule has 0 aromatic carbocycles. The topological polar surface area (TPSA) is 49.3 Å². The Morgan fingerprint density at radius 2 is 1.79 bits per heavy atom. The Morgan fingerprint density at radius 1 is 1.26 bits per heavy atom. The Balaban J connectivity index is 2.60. The Hall–Kier alpha value is -0.570. The summed E-state index contributed by atoms with van der Waals surface area (Å²) in [5, 5.41) is 12.9. The monoisotopic (exact) mass is 269 g/mol. The minimum atomic E-state index is -0.344. The lowest BCUT2D eigenvalue weighted by Gasteiger charge is -2.39. The minimum Gasteiger partial charge on any atom is -0.394 e. The van der Waals surface area contributed by atoms with Crippen LogP contribution in [0.2, 0.25) is 0 Å². The molecule has 0 unspecified atom stereocenters. The number of nitrogens with one attached hydrogen (secondary N) is 1. The molecule has 1 aliphatic rings. The third-order valence-electron chi connectivity index (χ3n) is 4.57. The highest BCUT2D eigenvalue weighted by Gasteiger charge is 2.36. The van der Waals surface area contributed by atoms with Crippen LogP contribution in [0.3, 0.4) is 0 Å². The van der Waals surface area contributed by atoms with Crippen LogP contribution in [0.1, 0.15) is 72.1 Å². The van der Waals surface area contributed by atoms with Crippen molar-refractivity contribution in [2.45, 2.75) is 77.7 Å². The van der Waals surface area contributed by atoms with Crippen LogP contribution in [0, 0.1) is 11.8 Å². The van der Waals surface area contributed by atoms with Crippen molar-refractivity contribution in [3.63, 3.8) is 0 Å². The van der Waals surface area contributed by atoms with E-state index in [9.17, 15) is 9.90 Å². The van der Waals surface area contributed by atoms with Gasteiger partial charge in [0.2, 0.25) is 5.91 Å². The molecule has 1 fully saturated rings. The second kappa shape index (κ2) is 7.88. The summed E-state index contributed by atoms with van der Waals surface area (Å²) in [4.78, 5) is 12.4. The molecule has 1 aliphatic carbocycles. The van der Waals surface area contributed by atoms with Gasteiger partial charge in [0.25, 0.3) is 0 Å². The molecule has 0 aliphatic heterocycles. The number of rotatable bonds is 7. The summed E-state index contributed by atoms with van der Waals surface area (Å²) in [6.45, 7) is 6.58. The van der Waals surface area contributed by atoms with E-state index in [1.807, 2.05) is 0 Å². The first kappa shape index (κ1) is 16.5. The van der Waals surface area contributed by atoms with E-state index in [0.29, 0.717) is 0 Å². The van der Waals surface area contributed by atoms with Crippen molar-refractivity contribution >= 4 is 5.91 Å². The van der Waals surface area contributed by atoms with E-state index in [2.05, 4.69) is 26.1 Å². The van der Waals surface area contributed by atoms with Gasteiger partial charge in [-0.1, -0.05) is 33.6 Å². The number of aliphatic hydroxyl groups is 1. The maximum Gasteiger partial charge on any atom is 0.223 e. The molecular weight excluding hydrogens is 238 g/mol. The number of hydrogen-bond acceptors (Lipinski definition) is 2. The number of carbonyl (C=O) groups is 1. The molecule has 19 heavy (non-hydrogen) atoms. The number of aliphatic hydroxyl groups excluding tert-OH is 1. The second-order valence-electron chi connectivity index (χ2n) is 6.38. The van der Waals surface area contributed by atoms with Crippen LogP contribution in [-0.4, -0.2) is 23.2 Å². The molecule has 0 aromatic rings. The maximum absolute atomic E-state index is 12.4. The summed E-state index contributed by atoms with van der Waals surface area (Å²) in [6.07, 6.45) is 8.04. The van der Waals surface area contributed by atoms with Gasteiger partial charge >= 0.3 is 0 Å². The summed E-state index contributed by atoms with van der Waals surface area (Å²) >= 11 is 0. The van der Waals surface area contributed by atoms with E-state index in [-0.39, 0.29) is 24.0 Å². The lowest BCUT2D eigenvalue weighted by atomic mass is 9.77. The van der Waals surface area contributed by atoms with Gasteiger partial charge in [-0.3, -0.25) is 4.79 Å². The highest BCUT2D eigenvalue weighted by Crippen LogP contribution is 2.32. The van der Waals surface area contributed by atoms with Crippen LogP contribution in [0.25, 0.3) is 0 Å². The SMILES string of the molecule is CCCC(CCC)C(=O)NC1(CO)CCC(C)CC1. The molecule has 0 radical (unpaired) electrons. The van der Waals surface area contributed by atoms with E-state index in [1.54, 1.807) is 0 Å². The first-order valence-electron chi connectivity index (χ1n) is 7.99. The maximum atomic E-state index is 12.4. The van der Waals surface area contributed by atoms with Gasteiger partial charge in [-0.25, -0.2) is 0 Å². The fourth-order valence-corrected chi connectivity index (χ4v) is 3.10. The molecule has 1 saturated carbocycles. The molecule has 0 bridgehead atoms. The molecule has 0 atom stereocenters. The van der Waals surface area contributed by atoms with Crippen molar-refractivity contribution in [1.29, 1.82) is 0 Å². The van der Waals surface area contributed by atoms with Crippen molar-refractivity contribution in [3.05, 3.63) is 0 Å². The predicted octanol–water partition coefficient (Wildman–Crippen LogP) is 3.26. The fourth-order valence-electron chi connectivity index (χ4n) is 3.10. The van der Waals surface area contributed by atoms with Gasteiger partial charge in [0, 0.05) is 5.92 Å². The van der Waals surface area contributed by atoms with E-state index in [1.165, 1.54) is 0 Å². The third kappa shape index (κ3) is 4.79. The second-order valence-corrected chi connectivity index (χ2v) is 6.38. The average Bonchev–Trinajstić information content (AvgIpc) is 2.41. The Kier molecular flexibility index (Phi) is 6.84. The van der Waals surface area contributed by atoms with Crippen molar-refractivity contribution in [1.82, 2.24) is 5.32 Å². The highest BCUT2D eigenvalue weighted by atomic mass is 16.3. The third-order valence-corrected chi connectivity index (χ3v) is 4.57. The van der Waals surface area contributed by atoms with Crippen LogP contribution < -0.4 is 5.32 Å². The van der Waals surface area contributed by atoms with Crippen molar-refractivity contribution in [2.75, 3.05) is 6.61 Å². The van der Waals surface area contributed by atoms with Crippen molar-refractivity contribution < 1.29 is 9.90 Å². The lowest BCUT2D eigenvalue weighted by Crippen LogP contribution is -2.54. The summed E-state index contributed by atoms with van der Waals surface area (Å²) < 4.78 is 0. The highest BCUT2D eigenvalue weighted by molar-refractivity contribution is 5.79. The predicted molar refractivity (Wildman–Crippen MR) is 78.9 cm³/mol. The van der Waals surface area contributed by atoms with E-state index in [0.717, 1.165) is 57.3 Å². The molecule has 112 valence electrons. The van der Waals surface area contributed by atoms with Crippen molar-refractivity contribution in [3.8, 4) is 0 Å². The largest absolute Gasteiger partial charge is 0.394 e.